The number of benzene rings is 1. The van der Waals surface area contributed by atoms with Crippen LogP contribution in [0.15, 0.2) is 18.2 Å². The lowest BCUT2D eigenvalue weighted by atomic mass is 10.1. The quantitative estimate of drug-likeness (QED) is 0.630. The molecule has 3 nitrogen and oxygen atoms in total. The van der Waals surface area contributed by atoms with Crippen molar-refractivity contribution in [3.63, 3.8) is 0 Å². The molecule has 4 heteroatoms. The molecule has 0 N–H and O–H groups in total. The normalized spacial score (nSPS) is 9.56. The molecule has 0 aliphatic rings. The number of ether oxygens (including phenoxy) is 1. The minimum absolute atomic E-state index is 0.299. The Hall–Kier alpha value is -1.09. The summed E-state index contributed by atoms with van der Waals surface area (Å²) >= 11 is 2.17. The van der Waals surface area contributed by atoms with Crippen LogP contribution < -0.4 is 0 Å². The smallest absolute Gasteiger partial charge is 0.338 e. The minimum Gasteiger partial charge on any atom is -0.462 e. The molecule has 0 aromatic heterocycles. The Bertz CT molecular complexity index is 424. The van der Waals surface area contributed by atoms with Crippen molar-refractivity contribution in [2.45, 2.75) is 19.8 Å². The molecule has 0 atom stereocenters. The molecule has 1 rings (SSSR count). The van der Waals surface area contributed by atoms with Gasteiger partial charge in [0, 0.05) is 9.99 Å². The molecule has 0 saturated carbocycles. The van der Waals surface area contributed by atoms with E-state index >= 15 is 0 Å². The number of hydrogen-bond donors (Lipinski definition) is 0. The first-order chi connectivity index (χ1) is 7.69. The monoisotopic (exact) mass is 329 g/mol. The van der Waals surface area contributed by atoms with Gasteiger partial charge in [-0.3, -0.25) is 0 Å². The van der Waals surface area contributed by atoms with Crippen molar-refractivity contribution in [1.29, 1.82) is 5.26 Å². The lowest BCUT2D eigenvalue weighted by Crippen LogP contribution is -2.05. The first kappa shape index (κ1) is 13.0. The van der Waals surface area contributed by atoms with Crippen LogP contribution in [0.3, 0.4) is 0 Å². The molecule has 0 radical (unpaired) electrons. The highest BCUT2D eigenvalue weighted by Crippen LogP contribution is 2.16. The minimum atomic E-state index is -0.299. The van der Waals surface area contributed by atoms with Gasteiger partial charge in [-0.1, -0.05) is 6.07 Å². The fourth-order valence-electron chi connectivity index (χ4n) is 1.28. The van der Waals surface area contributed by atoms with Gasteiger partial charge in [-0.25, -0.2) is 4.79 Å². The molecule has 1 aromatic carbocycles. The van der Waals surface area contributed by atoms with Crippen LogP contribution in [0, 0.1) is 14.9 Å². The van der Waals surface area contributed by atoms with Gasteiger partial charge in [-0.05, 0) is 53.6 Å². The summed E-state index contributed by atoms with van der Waals surface area (Å²) in [6, 6.07) is 7.53. The fraction of sp³-hybridized carbons (Fsp3) is 0.333. The summed E-state index contributed by atoms with van der Waals surface area (Å²) < 4.78 is 5.91. The summed E-state index contributed by atoms with van der Waals surface area (Å²) in [6.45, 7) is 2.16. The van der Waals surface area contributed by atoms with Crippen molar-refractivity contribution in [2.24, 2.45) is 0 Å². The molecule has 0 unspecified atom stereocenters. The molecule has 0 aliphatic heterocycles. The second kappa shape index (κ2) is 6.48. The highest BCUT2D eigenvalue weighted by molar-refractivity contribution is 14.1. The number of carbonyl (C=O) groups is 1. The summed E-state index contributed by atoms with van der Waals surface area (Å²) in [5.74, 6) is -0.299. The fourth-order valence-corrected chi connectivity index (χ4v) is 2.07. The summed E-state index contributed by atoms with van der Waals surface area (Å²) in [5.41, 5.74) is 1.65. The number of rotatable bonds is 4. The SMILES string of the molecule is CCOC(=O)c1ccc(CCC#N)c(I)c1. The Morgan fingerprint density at radius 2 is 2.31 bits per heavy atom. The lowest BCUT2D eigenvalue weighted by molar-refractivity contribution is 0.0526. The van der Waals surface area contributed by atoms with E-state index in [1.807, 2.05) is 6.07 Å². The summed E-state index contributed by atoms with van der Waals surface area (Å²) in [5, 5.41) is 8.50. The number of hydrogen-bond acceptors (Lipinski definition) is 3. The Kier molecular flexibility index (Phi) is 5.26. The third-order valence-corrected chi connectivity index (χ3v) is 3.07. The molecule has 16 heavy (non-hydrogen) atoms. The van der Waals surface area contributed by atoms with Gasteiger partial charge in [0.2, 0.25) is 0 Å². The number of carbonyl (C=O) groups excluding carboxylic acids is 1. The Morgan fingerprint density at radius 3 is 2.88 bits per heavy atom. The second-order valence-electron chi connectivity index (χ2n) is 3.18. The van der Waals surface area contributed by atoms with Crippen molar-refractivity contribution in [1.82, 2.24) is 0 Å². The molecule has 0 saturated heterocycles. The Balaban J connectivity index is 2.83. The van der Waals surface area contributed by atoms with Crippen molar-refractivity contribution in [3.05, 3.63) is 32.9 Å². The molecular weight excluding hydrogens is 317 g/mol. The maximum atomic E-state index is 11.4. The van der Waals surface area contributed by atoms with Crippen LogP contribution in [0.4, 0.5) is 0 Å². The Labute approximate surface area is 109 Å². The number of aryl methyl sites for hydroxylation is 1. The van der Waals surface area contributed by atoms with Crippen molar-refractivity contribution < 1.29 is 9.53 Å². The predicted molar refractivity (Wildman–Crippen MR) is 69.0 cm³/mol. The molecule has 0 bridgehead atoms. The van der Waals surface area contributed by atoms with Gasteiger partial charge in [0.15, 0.2) is 0 Å². The zero-order valence-corrected chi connectivity index (χ0v) is 11.2. The van der Waals surface area contributed by atoms with Gasteiger partial charge in [-0.15, -0.1) is 0 Å². The average Bonchev–Trinajstić information content (AvgIpc) is 2.27. The van der Waals surface area contributed by atoms with E-state index in [2.05, 4.69) is 28.7 Å². The van der Waals surface area contributed by atoms with Gasteiger partial charge in [0.05, 0.1) is 18.2 Å². The van der Waals surface area contributed by atoms with E-state index in [0.29, 0.717) is 18.6 Å². The standard InChI is InChI=1S/C12H12INO2/c1-2-16-12(15)10-6-5-9(4-3-7-14)11(13)8-10/h5-6,8H,2-4H2,1H3. The predicted octanol–water partition coefficient (Wildman–Crippen LogP) is 2.92. The van der Waals surface area contributed by atoms with E-state index < -0.39 is 0 Å². The van der Waals surface area contributed by atoms with Crippen LogP contribution >= 0.6 is 22.6 Å². The van der Waals surface area contributed by atoms with Gasteiger partial charge < -0.3 is 4.74 Å². The van der Waals surface area contributed by atoms with Crippen LogP contribution in [-0.4, -0.2) is 12.6 Å². The number of esters is 1. The molecule has 84 valence electrons. The van der Waals surface area contributed by atoms with E-state index in [0.717, 1.165) is 15.6 Å². The summed E-state index contributed by atoms with van der Waals surface area (Å²) in [4.78, 5) is 11.4. The third-order valence-electron chi connectivity index (χ3n) is 2.07. The number of halogens is 1. The molecule has 0 heterocycles. The van der Waals surface area contributed by atoms with Crippen molar-refractivity contribution >= 4 is 28.6 Å². The Morgan fingerprint density at radius 1 is 1.56 bits per heavy atom. The van der Waals surface area contributed by atoms with E-state index in [1.54, 1.807) is 19.1 Å². The second-order valence-corrected chi connectivity index (χ2v) is 4.35. The first-order valence-corrected chi connectivity index (χ1v) is 6.09. The topological polar surface area (TPSA) is 50.1 Å². The van der Waals surface area contributed by atoms with Crippen LogP contribution in [0.5, 0.6) is 0 Å². The number of nitriles is 1. The molecular formula is C12H12INO2. The molecule has 0 aliphatic carbocycles. The maximum Gasteiger partial charge on any atom is 0.338 e. The zero-order chi connectivity index (χ0) is 12.0. The van der Waals surface area contributed by atoms with Crippen LogP contribution in [0.25, 0.3) is 0 Å². The van der Waals surface area contributed by atoms with Crippen LogP contribution in [0.2, 0.25) is 0 Å². The molecule has 0 spiro atoms. The third kappa shape index (κ3) is 3.49. The highest BCUT2D eigenvalue weighted by atomic mass is 127. The highest BCUT2D eigenvalue weighted by Gasteiger charge is 2.08. The van der Waals surface area contributed by atoms with Gasteiger partial charge >= 0.3 is 5.97 Å². The van der Waals surface area contributed by atoms with E-state index in [4.69, 9.17) is 10.00 Å². The van der Waals surface area contributed by atoms with Gasteiger partial charge in [0.1, 0.15) is 0 Å². The lowest BCUT2D eigenvalue weighted by Gasteiger charge is -2.05. The van der Waals surface area contributed by atoms with Gasteiger partial charge in [0.25, 0.3) is 0 Å². The summed E-state index contributed by atoms with van der Waals surface area (Å²) in [6.07, 6.45) is 1.21. The molecule has 0 amide bonds. The van der Waals surface area contributed by atoms with Crippen molar-refractivity contribution in [2.75, 3.05) is 6.61 Å². The molecule has 0 fully saturated rings. The van der Waals surface area contributed by atoms with E-state index in [1.165, 1.54) is 0 Å². The largest absolute Gasteiger partial charge is 0.462 e. The van der Waals surface area contributed by atoms with Crippen LogP contribution in [-0.2, 0) is 11.2 Å². The van der Waals surface area contributed by atoms with E-state index in [-0.39, 0.29) is 5.97 Å². The maximum absolute atomic E-state index is 11.4. The zero-order valence-electron chi connectivity index (χ0n) is 9.00. The number of nitrogens with zero attached hydrogens (tertiary/aromatic N) is 1. The van der Waals surface area contributed by atoms with Crippen LogP contribution in [0.1, 0.15) is 29.3 Å². The first-order valence-electron chi connectivity index (χ1n) is 5.01. The molecule has 1 aromatic rings. The summed E-state index contributed by atoms with van der Waals surface area (Å²) in [7, 11) is 0. The van der Waals surface area contributed by atoms with Gasteiger partial charge in [-0.2, -0.15) is 5.26 Å². The van der Waals surface area contributed by atoms with E-state index in [9.17, 15) is 4.79 Å². The van der Waals surface area contributed by atoms with Crippen molar-refractivity contribution in [3.8, 4) is 6.07 Å². The average molecular weight is 329 g/mol.